The van der Waals surface area contributed by atoms with Crippen LogP contribution in [0.15, 0.2) is 35.7 Å². The first-order chi connectivity index (χ1) is 15.0. The Kier molecular flexibility index (Phi) is 8.90. The topological polar surface area (TPSA) is 62.2 Å². The summed E-state index contributed by atoms with van der Waals surface area (Å²) in [7, 11) is 1.65. The standard InChI is InChI=1S/C24H34N2O4S/c1-4-19(27)15-25(11-12-29-3)16-24(28)26-10-8-23-21(9-13-31-23)22(26)17-30-20-7-5-6-18(2)14-20/h5-7,9,13-14,19,22,27H,4,8,10-12,15-17H2,1-3H3/t19-,22-/m1/s1. The average Bonchev–Trinajstić information content (AvgIpc) is 3.24. The monoisotopic (exact) mass is 446 g/mol. The van der Waals surface area contributed by atoms with Crippen LogP contribution in [-0.4, -0.2) is 73.4 Å². The summed E-state index contributed by atoms with van der Waals surface area (Å²) in [4.78, 5) is 18.6. The van der Waals surface area contributed by atoms with E-state index in [0.717, 1.165) is 17.7 Å². The van der Waals surface area contributed by atoms with Crippen molar-refractivity contribution in [3.05, 3.63) is 51.7 Å². The molecule has 0 aliphatic carbocycles. The van der Waals surface area contributed by atoms with Crippen molar-refractivity contribution in [2.75, 3.05) is 46.5 Å². The fourth-order valence-corrected chi connectivity index (χ4v) is 4.85. The number of aliphatic hydroxyl groups excluding tert-OH is 1. The van der Waals surface area contributed by atoms with Crippen LogP contribution < -0.4 is 4.74 Å². The van der Waals surface area contributed by atoms with Gasteiger partial charge in [0.1, 0.15) is 12.4 Å². The van der Waals surface area contributed by atoms with Gasteiger partial charge < -0.3 is 19.5 Å². The first-order valence-corrected chi connectivity index (χ1v) is 11.8. The molecule has 2 atom stereocenters. The number of aryl methyl sites for hydroxylation is 1. The number of rotatable bonds is 11. The maximum absolute atomic E-state index is 13.4. The molecule has 0 fully saturated rings. The number of carbonyl (C=O) groups excluding carboxylic acids is 1. The van der Waals surface area contributed by atoms with E-state index in [1.807, 2.05) is 47.9 Å². The SMILES string of the molecule is CC[C@@H](O)CN(CCOC)CC(=O)N1CCc2sccc2[C@H]1COc1cccc(C)c1. The number of fused-ring (bicyclic) bond motifs is 1. The lowest BCUT2D eigenvalue weighted by Gasteiger charge is -2.37. The van der Waals surface area contributed by atoms with Crippen molar-refractivity contribution in [1.29, 1.82) is 0 Å². The summed E-state index contributed by atoms with van der Waals surface area (Å²) in [6, 6.07) is 10.0. The first kappa shape index (κ1) is 23.7. The Morgan fingerprint density at radius 2 is 2.23 bits per heavy atom. The summed E-state index contributed by atoms with van der Waals surface area (Å²) >= 11 is 1.75. The smallest absolute Gasteiger partial charge is 0.237 e. The molecule has 1 aromatic carbocycles. The molecule has 31 heavy (non-hydrogen) atoms. The molecule has 0 spiro atoms. The molecule has 1 amide bonds. The lowest BCUT2D eigenvalue weighted by molar-refractivity contribution is -0.136. The van der Waals surface area contributed by atoms with Crippen molar-refractivity contribution in [2.24, 2.45) is 0 Å². The van der Waals surface area contributed by atoms with Gasteiger partial charge in [0, 0.05) is 31.6 Å². The first-order valence-electron chi connectivity index (χ1n) is 11.0. The summed E-state index contributed by atoms with van der Waals surface area (Å²) in [6.07, 6.45) is 1.08. The van der Waals surface area contributed by atoms with E-state index < -0.39 is 6.10 Å². The summed E-state index contributed by atoms with van der Waals surface area (Å²) in [5, 5.41) is 12.2. The van der Waals surface area contributed by atoms with Crippen LogP contribution >= 0.6 is 11.3 Å². The van der Waals surface area contributed by atoms with Crippen LogP contribution in [0.1, 0.15) is 35.4 Å². The second kappa shape index (κ2) is 11.6. The van der Waals surface area contributed by atoms with Crippen molar-refractivity contribution >= 4 is 17.2 Å². The number of nitrogens with zero attached hydrogens (tertiary/aromatic N) is 2. The van der Waals surface area contributed by atoms with Crippen LogP contribution in [-0.2, 0) is 16.0 Å². The molecule has 0 radical (unpaired) electrons. The predicted molar refractivity (Wildman–Crippen MR) is 124 cm³/mol. The highest BCUT2D eigenvalue weighted by Gasteiger charge is 2.33. The average molecular weight is 447 g/mol. The minimum atomic E-state index is -0.449. The number of thiophene rings is 1. The molecular formula is C24H34N2O4S. The summed E-state index contributed by atoms with van der Waals surface area (Å²) < 4.78 is 11.3. The molecule has 170 valence electrons. The van der Waals surface area contributed by atoms with Crippen LogP contribution in [0.5, 0.6) is 5.75 Å². The Morgan fingerprint density at radius 1 is 1.39 bits per heavy atom. The highest BCUT2D eigenvalue weighted by Crippen LogP contribution is 2.34. The molecule has 0 saturated carbocycles. The van der Waals surface area contributed by atoms with Crippen LogP contribution in [0.3, 0.4) is 0 Å². The Morgan fingerprint density at radius 3 is 2.97 bits per heavy atom. The second-order valence-electron chi connectivity index (χ2n) is 8.07. The zero-order valence-corrected chi connectivity index (χ0v) is 19.6. The normalized spacial score (nSPS) is 16.9. The Balaban J connectivity index is 1.72. The van der Waals surface area contributed by atoms with Gasteiger partial charge >= 0.3 is 0 Å². The van der Waals surface area contributed by atoms with Crippen molar-refractivity contribution in [1.82, 2.24) is 9.80 Å². The molecule has 3 rings (SSSR count). The molecule has 2 heterocycles. The van der Waals surface area contributed by atoms with Gasteiger partial charge in [-0.25, -0.2) is 0 Å². The van der Waals surface area contributed by atoms with Crippen molar-refractivity contribution < 1.29 is 19.4 Å². The zero-order chi connectivity index (χ0) is 22.2. The van der Waals surface area contributed by atoms with E-state index in [-0.39, 0.29) is 18.5 Å². The predicted octanol–water partition coefficient (Wildman–Crippen LogP) is 3.28. The van der Waals surface area contributed by atoms with E-state index in [2.05, 4.69) is 11.4 Å². The number of hydrogen-bond donors (Lipinski definition) is 1. The number of aliphatic hydroxyl groups is 1. The Labute approximate surface area is 189 Å². The molecular weight excluding hydrogens is 412 g/mol. The summed E-state index contributed by atoms with van der Waals surface area (Å²) in [5.41, 5.74) is 2.34. The highest BCUT2D eigenvalue weighted by atomic mass is 32.1. The van der Waals surface area contributed by atoms with Gasteiger partial charge in [0.15, 0.2) is 0 Å². The third-order valence-electron chi connectivity index (χ3n) is 5.72. The third-order valence-corrected chi connectivity index (χ3v) is 6.72. The molecule has 1 aliphatic rings. The molecule has 1 aliphatic heterocycles. The quantitative estimate of drug-likeness (QED) is 0.574. The van der Waals surface area contributed by atoms with Crippen LogP contribution in [0, 0.1) is 6.92 Å². The van der Waals surface area contributed by atoms with Gasteiger partial charge in [0.2, 0.25) is 5.91 Å². The highest BCUT2D eigenvalue weighted by molar-refractivity contribution is 7.10. The van der Waals surface area contributed by atoms with Crippen molar-refractivity contribution in [3.8, 4) is 5.75 Å². The number of carbonyl (C=O) groups is 1. The molecule has 0 unspecified atom stereocenters. The minimum absolute atomic E-state index is 0.0640. The molecule has 1 aromatic heterocycles. The number of ether oxygens (including phenoxy) is 2. The van der Waals surface area contributed by atoms with E-state index in [4.69, 9.17) is 9.47 Å². The van der Waals surface area contributed by atoms with E-state index in [9.17, 15) is 9.90 Å². The van der Waals surface area contributed by atoms with Gasteiger partial charge in [0.05, 0.1) is 25.3 Å². The molecule has 0 bridgehead atoms. The molecule has 1 N–H and O–H groups in total. The van der Waals surface area contributed by atoms with Gasteiger partial charge in [0.25, 0.3) is 0 Å². The largest absolute Gasteiger partial charge is 0.491 e. The molecule has 0 saturated heterocycles. The van der Waals surface area contributed by atoms with E-state index in [0.29, 0.717) is 39.3 Å². The number of benzene rings is 1. The maximum Gasteiger partial charge on any atom is 0.237 e. The van der Waals surface area contributed by atoms with E-state index >= 15 is 0 Å². The molecule has 2 aromatic rings. The maximum atomic E-state index is 13.4. The Hall–Kier alpha value is -1.93. The van der Waals surface area contributed by atoms with Crippen molar-refractivity contribution in [2.45, 2.75) is 38.8 Å². The van der Waals surface area contributed by atoms with Crippen molar-refractivity contribution in [3.63, 3.8) is 0 Å². The van der Waals surface area contributed by atoms with Gasteiger partial charge in [-0.3, -0.25) is 9.69 Å². The zero-order valence-electron chi connectivity index (χ0n) is 18.8. The summed E-state index contributed by atoms with van der Waals surface area (Å²) in [6.45, 7) is 6.97. The third kappa shape index (κ3) is 6.53. The van der Waals surface area contributed by atoms with Gasteiger partial charge in [-0.15, -0.1) is 11.3 Å². The fourth-order valence-electron chi connectivity index (χ4n) is 3.92. The van der Waals surface area contributed by atoms with E-state index in [1.54, 1.807) is 18.4 Å². The number of methoxy groups -OCH3 is 1. The lowest BCUT2D eigenvalue weighted by Crippen LogP contribution is -2.48. The summed E-state index contributed by atoms with van der Waals surface area (Å²) in [5.74, 6) is 0.886. The fraction of sp³-hybridized carbons (Fsp3) is 0.542. The number of amides is 1. The minimum Gasteiger partial charge on any atom is -0.491 e. The van der Waals surface area contributed by atoms with Gasteiger partial charge in [-0.05, 0) is 54.5 Å². The van der Waals surface area contributed by atoms with E-state index in [1.165, 1.54) is 10.4 Å². The second-order valence-corrected chi connectivity index (χ2v) is 9.07. The van der Waals surface area contributed by atoms with Crippen LogP contribution in [0.25, 0.3) is 0 Å². The lowest BCUT2D eigenvalue weighted by atomic mass is 10.0. The molecule has 7 heteroatoms. The van der Waals surface area contributed by atoms with Gasteiger partial charge in [-0.1, -0.05) is 19.1 Å². The Bertz CT molecular complexity index is 840. The number of hydrogen-bond acceptors (Lipinski definition) is 6. The van der Waals surface area contributed by atoms with Crippen LogP contribution in [0.4, 0.5) is 0 Å². The van der Waals surface area contributed by atoms with Crippen LogP contribution in [0.2, 0.25) is 0 Å². The molecule has 6 nitrogen and oxygen atoms in total. The van der Waals surface area contributed by atoms with Gasteiger partial charge in [-0.2, -0.15) is 0 Å².